The van der Waals surface area contributed by atoms with Crippen molar-refractivity contribution in [3.05, 3.63) is 24.0 Å². The summed E-state index contributed by atoms with van der Waals surface area (Å²) >= 11 is 0. The number of halogens is 1. The van der Waals surface area contributed by atoms with E-state index in [1.54, 1.807) is 0 Å². The molecule has 0 radical (unpaired) electrons. The second kappa shape index (κ2) is 6.89. The van der Waals surface area contributed by atoms with Gasteiger partial charge in [-0.05, 0) is 50.6 Å². The van der Waals surface area contributed by atoms with Crippen LogP contribution in [0.15, 0.2) is 18.2 Å². The van der Waals surface area contributed by atoms with Gasteiger partial charge >= 0.3 is 7.12 Å². The van der Waals surface area contributed by atoms with Crippen LogP contribution < -0.4 is 10.2 Å². The van der Waals surface area contributed by atoms with Crippen LogP contribution in [0.5, 0.6) is 5.75 Å². The third-order valence-corrected chi connectivity index (χ3v) is 3.32. The minimum atomic E-state index is -1.72. The molecule has 4 nitrogen and oxygen atoms in total. The van der Waals surface area contributed by atoms with Crippen molar-refractivity contribution < 1.29 is 19.2 Å². The van der Waals surface area contributed by atoms with Crippen LogP contribution in [0.4, 0.5) is 4.39 Å². The molecule has 6 heteroatoms. The zero-order valence-corrected chi connectivity index (χ0v) is 10.9. The first kappa shape index (κ1) is 14.3. The van der Waals surface area contributed by atoms with Crippen LogP contribution in [-0.4, -0.2) is 48.3 Å². The van der Waals surface area contributed by atoms with Crippen molar-refractivity contribution in [2.75, 3.05) is 26.2 Å². The lowest BCUT2D eigenvalue weighted by molar-refractivity contribution is 0.263. The van der Waals surface area contributed by atoms with Crippen LogP contribution in [-0.2, 0) is 0 Å². The number of rotatable bonds is 6. The van der Waals surface area contributed by atoms with E-state index >= 15 is 0 Å². The normalized spacial score (nSPS) is 15.7. The molecule has 0 amide bonds. The topological polar surface area (TPSA) is 52.9 Å². The molecule has 2 N–H and O–H groups in total. The van der Waals surface area contributed by atoms with Gasteiger partial charge in [-0.2, -0.15) is 0 Å². The molecule has 1 aliphatic heterocycles. The molecule has 1 aromatic rings. The quantitative estimate of drug-likeness (QED) is 0.577. The van der Waals surface area contributed by atoms with E-state index in [0.29, 0.717) is 12.4 Å². The Labute approximate surface area is 113 Å². The van der Waals surface area contributed by atoms with Gasteiger partial charge in [-0.1, -0.05) is 0 Å². The average molecular weight is 267 g/mol. The number of hydrogen-bond acceptors (Lipinski definition) is 4. The number of hydrogen-bond donors (Lipinski definition) is 2. The Bertz CT molecular complexity index is 411. The van der Waals surface area contributed by atoms with E-state index in [4.69, 9.17) is 14.8 Å². The highest BCUT2D eigenvalue weighted by molar-refractivity contribution is 6.59. The highest BCUT2D eigenvalue weighted by atomic mass is 19.1. The zero-order chi connectivity index (χ0) is 13.7. The SMILES string of the molecule is OB(O)c1cc(F)ccc1OCCCN1CCCC1. The largest absolute Gasteiger partial charge is 0.494 e. The molecule has 0 spiro atoms. The van der Waals surface area contributed by atoms with Crippen molar-refractivity contribution in [2.45, 2.75) is 19.3 Å². The fraction of sp³-hybridized carbons (Fsp3) is 0.538. The lowest BCUT2D eigenvalue weighted by Gasteiger charge is -2.15. The molecule has 0 saturated carbocycles. The van der Waals surface area contributed by atoms with Gasteiger partial charge in [-0.3, -0.25) is 0 Å². The summed E-state index contributed by atoms with van der Waals surface area (Å²) in [5.74, 6) is -0.176. The van der Waals surface area contributed by atoms with Crippen LogP contribution in [0.1, 0.15) is 19.3 Å². The van der Waals surface area contributed by atoms with Crippen molar-refractivity contribution in [1.82, 2.24) is 4.90 Å². The Hall–Kier alpha value is -1.11. The standard InChI is InChI=1S/C13H19BFNO3/c15-11-4-5-13(12(10-11)14(17)18)19-9-3-8-16-6-1-2-7-16/h4-5,10,17-18H,1-3,6-9H2. The van der Waals surface area contributed by atoms with Gasteiger partial charge in [-0.15, -0.1) is 0 Å². The van der Waals surface area contributed by atoms with E-state index < -0.39 is 12.9 Å². The lowest BCUT2D eigenvalue weighted by Crippen LogP contribution is -2.32. The molecule has 0 aliphatic carbocycles. The van der Waals surface area contributed by atoms with Crippen molar-refractivity contribution in [1.29, 1.82) is 0 Å². The Kier molecular flexibility index (Phi) is 5.19. The molecule has 19 heavy (non-hydrogen) atoms. The smallest absolute Gasteiger partial charge is 0.492 e. The van der Waals surface area contributed by atoms with E-state index in [1.165, 1.54) is 25.0 Å². The molecule has 104 valence electrons. The predicted molar refractivity (Wildman–Crippen MR) is 72.0 cm³/mol. The molecule has 1 aliphatic rings. The molecular formula is C13H19BFNO3. The van der Waals surface area contributed by atoms with Gasteiger partial charge in [0.1, 0.15) is 11.6 Å². The van der Waals surface area contributed by atoms with E-state index in [1.807, 2.05) is 0 Å². The molecule has 0 aromatic heterocycles. The molecule has 0 unspecified atom stereocenters. The molecule has 1 aromatic carbocycles. The summed E-state index contributed by atoms with van der Waals surface area (Å²) in [5, 5.41) is 18.3. The van der Waals surface area contributed by atoms with Crippen LogP contribution in [0.25, 0.3) is 0 Å². The molecule has 2 rings (SSSR count). The number of nitrogens with zero attached hydrogens (tertiary/aromatic N) is 1. The van der Waals surface area contributed by atoms with Crippen LogP contribution in [0, 0.1) is 5.82 Å². The third kappa shape index (κ3) is 4.19. The summed E-state index contributed by atoms with van der Waals surface area (Å²) < 4.78 is 18.5. The van der Waals surface area contributed by atoms with Crippen molar-refractivity contribution in [3.8, 4) is 5.75 Å². The maximum Gasteiger partial charge on any atom is 0.492 e. The second-order valence-electron chi connectivity index (χ2n) is 4.81. The molecular weight excluding hydrogens is 248 g/mol. The van der Waals surface area contributed by atoms with Gasteiger partial charge < -0.3 is 19.7 Å². The minimum Gasteiger partial charge on any atom is -0.494 e. The minimum absolute atomic E-state index is 0.0705. The predicted octanol–water partition coefficient (Wildman–Crippen LogP) is 0.370. The van der Waals surface area contributed by atoms with Gasteiger partial charge in [0, 0.05) is 12.0 Å². The highest BCUT2D eigenvalue weighted by Crippen LogP contribution is 2.11. The Morgan fingerprint density at radius 3 is 2.68 bits per heavy atom. The maximum absolute atomic E-state index is 13.0. The highest BCUT2D eigenvalue weighted by Gasteiger charge is 2.18. The molecule has 1 heterocycles. The van der Waals surface area contributed by atoms with E-state index in [2.05, 4.69) is 4.90 Å². The fourth-order valence-electron chi connectivity index (χ4n) is 2.33. The van der Waals surface area contributed by atoms with E-state index in [-0.39, 0.29) is 5.46 Å². The summed E-state index contributed by atoms with van der Waals surface area (Å²) in [5.41, 5.74) is 0.0705. The summed E-state index contributed by atoms with van der Waals surface area (Å²) in [7, 11) is -1.72. The first-order chi connectivity index (χ1) is 9.16. The van der Waals surface area contributed by atoms with Crippen molar-refractivity contribution in [3.63, 3.8) is 0 Å². The lowest BCUT2D eigenvalue weighted by atomic mass is 9.79. The monoisotopic (exact) mass is 267 g/mol. The van der Waals surface area contributed by atoms with E-state index in [9.17, 15) is 4.39 Å². The third-order valence-electron chi connectivity index (χ3n) is 3.32. The van der Waals surface area contributed by atoms with Gasteiger partial charge in [-0.25, -0.2) is 4.39 Å². The van der Waals surface area contributed by atoms with Gasteiger partial charge in [0.05, 0.1) is 6.61 Å². The summed E-state index contributed by atoms with van der Waals surface area (Å²) in [6, 6.07) is 3.77. The summed E-state index contributed by atoms with van der Waals surface area (Å²) in [6.45, 7) is 3.77. The van der Waals surface area contributed by atoms with Crippen LogP contribution in [0.2, 0.25) is 0 Å². The Balaban J connectivity index is 1.81. The fourth-order valence-corrected chi connectivity index (χ4v) is 2.33. The van der Waals surface area contributed by atoms with Crippen molar-refractivity contribution in [2.24, 2.45) is 0 Å². The Morgan fingerprint density at radius 2 is 2.00 bits per heavy atom. The van der Waals surface area contributed by atoms with E-state index in [0.717, 1.165) is 32.1 Å². The second-order valence-corrected chi connectivity index (χ2v) is 4.81. The van der Waals surface area contributed by atoms with Gasteiger partial charge in [0.2, 0.25) is 0 Å². The van der Waals surface area contributed by atoms with Crippen LogP contribution in [0.3, 0.4) is 0 Å². The average Bonchev–Trinajstić information content (AvgIpc) is 2.89. The molecule has 0 bridgehead atoms. The van der Waals surface area contributed by atoms with Gasteiger partial charge in [0.25, 0.3) is 0 Å². The summed E-state index contributed by atoms with van der Waals surface area (Å²) in [6.07, 6.45) is 3.40. The summed E-state index contributed by atoms with van der Waals surface area (Å²) in [4.78, 5) is 2.38. The number of ether oxygens (including phenoxy) is 1. The zero-order valence-electron chi connectivity index (χ0n) is 10.9. The molecule has 1 fully saturated rings. The first-order valence-corrected chi connectivity index (χ1v) is 6.67. The maximum atomic E-state index is 13.0. The number of benzene rings is 1. The first-order valence-electron chi connectivity index (χ1n) is 6.67. The Morgan fingerprint density at radius 1 is 1.26 bits per heavy atom. The molecule has 0 atom stereocenters. The van der Waals surface area contributed by atoms with Crippen molar-refractivity contribution >= 4 is 12.6 Å². The number of likely N-dealkylation sites (tertiary alicyclic amines) is 1. The van der Waals surface area contributed by atoms with Crippen LogP contribution >= 0.6 is 0 Å². The van der Waals surface area contributed by atoms with Gasteiger partial charge in [0.15, 0.2) is 0 Å². The molecule has 1 saturated heterocycles.